The normalized spacial score (nSPS) is 22.3. The number of rotatable bonds is 1. The molecule has 1 unspecified atom stereocenters. The van der Waals surface area contributed by atoms with E-state index in [1.807, 2.05) is 11.8 Å². The van der Waals surface area contributed by atoms with Crippen molar-refractivity contribution >= 4 is 17.3 Å². The van der Waals surface area contributed by atoms with Crippen LogP contribution in [0.15, 0.2) is 12.1 Å². The molecule has 1 aromatic carbocycles. The highest BCUT2D eigenvalue weighted by molar-refractivity contribution is 6.06. The van der Waals surface area contributed by atoms with Crippen LogP contribution in [0, 0.1) is 13.8 Å². The van der Waals surface area contributed by atoms with Gasteiger partial charge in [-0.3, -0.25) is 4.79 Å². The summed E-state index contributed by atoms with van der Waals surface area (Å²) >= 11 is 0. The lowest BCUT2D eigenvalue weighted by molar-refractivity contribution is -0.120. The third-order valence-electron chi connectivity index (χ3n) is 4.37. The fourth-order valence-corrected chi connectivity index (χ4v) is 3.18. The molecule has 1 saturated heterocycles. The predicted octanol–water partition coefficient (Wildman–Crippen LogP) is 1.45. The van der Waals surface area contributed by atoms with Crippen molar-refractivity contribution in [3.8, 4) is 0 Å². The van der Waals surface area contributed by atoms with Gasteiger partial charge in [0.15, 0.2) is 0 Å². The van der Waals surface area contributed by atoms with Crippen LogP contribution in [-0.2, 0) is 4.79 Å². The summed E-state index contributed by atoms with van der Waals surface area (Å²) in [4.78, 5) is 16.8. The number of carbonyl (C=O) groups excluding carboxylic acids is 1. The van der Waals surface area contributed by atoms with Crippen LogP contribution in [0.5, 0.6) is 0 Å². The number of nitrogens with one attached hydrogen (secondary N) is 1. The molecule has 0 aliphatic carbocycles. The van der Waals surface area contributed by atoms with E-state index in [0.29, 0.717) is 0 Å². The van der Waals surface area contributed by atoms with Gasteiger partial charge in [0.25, 0.3) is 5.91 Å². The van der Waals surface area contributed by atoms with Crippen molar-refractivity contribution in [3.05, 3.63) is 23.3 Å². The van der Waals surface area contributed by atoms with Gasteiger partial charge in [-0.2, -0.15) is 0 Å². The van der Waals surface area contributed by atoms with Gasteiger partial charge in [-0.1, -0.05) is 6.07 Å². The van der Waals surface area contributed by atoms with Gasteiger partial charge in [0.05, 0.1) is 11.4 Å². The number of hydrogen-bond acceptors (Lipinski definition) is 3. The maximum atomic E-state index is 12.6. The summed E-state index contributed by atoms with van der Waals surface area (Å²) in [5.41, 5.74) is 4.93. The molecular formula is C15H21N3O. The maximum Gasteiger partial charge on any atom is 0.251 e. The second kappa shape index (κ2) is 4.53. The second-order valence-corrected chi connectivity index (χ2v) is 5.37. The quantitative estimate of drug-likeness (QED) is 0.829. The molecule has 0 spiro atoms. The Kier molecular flexibility index (Phi) is 2.97. The Bertz CT molecular complexity index is 526. The molecule has 1 N–H and O–H groups in total. The van der Waals surface area contributed by atoms with Crippen molar-refractivity contribution in [3.63, 3.8) is 0 Å². The molecule has 0 saturated carbocycles. The molecule has 4 nitrogen and oxygen atoms in total. The molecule has 1 atom stereocenters. The zero-order valence-electron chi connectivity index (χ0n) is 11.9. The third kappa shape index (κ3) is 1.74. The number of fused-ring (bicyclic) bond motifs is 3. The molecule has 0 bridgehead atoms. The predicted molar refractivity (Wildman–Crippen MR) is 77.9 cm³/mol. The Balaban J connectivity index is 2.19. The van der Waals surface area contributed by atoms with E-state index in [-0.39, 0.29) is 11.9 Å². The minimum atomic E-state index is -0.0401. The molecule has 0 radical (unpaired) electrons. The van der Waals surface area contributed by atoms with E-state index in [4.69, 9.17) is 0 Å². The lowest BCUT2D eigenvalue weighted by Gasteiger charge is -2.46. The van der Waals surface area contributed by atoms with E-state index in [9.17, 15) is 4.79 Å². The first kappa shape index (κ1) is 12.5. The molecular weight excluding hydrogens is 238 g/mol. The lowest BCUT2D eigenvalue weighted by atomic mass is 9.98. The first-order valence-electron chi connectivity index (χ1n) is 7.04. The van der Waals surface area contributed by atoms with Crippen LogP contribution in [0.25, 0.3) is 0 Å². The van der Waals surface area contributed by atoms with Crippen LogP contribution in [0.3, 0.4) is 0 Å². The van der Waals surface area contributed by atoms with Crippen molar-refractivity contribution in [2.45, 2.75) is 26.8 Å². The van der Waals surface area contributed by atoms with E-state index in [1.165, 1.54) is 16.8 Å². The number of likely N-dealkylation sites (N-methyl/N-ethyl adjacent to an activating group) is 1. The molecule has 102 valence electrons. The van der Waals surface area contributed by atoms with E-state index in [2.05, 4.69) is 36.2 Å². The molecule has 2 aliphatic heterocycles. The number of benzene rings is 1. The van der Waals surface area contributed by atoms with Crippen LogP contribution in [0.4, 0.5) is 11.4 Å². The van der Waals surface area contributed by atoms with Crippen LogP contribution in [0.2, 0.25) is 0 Å². The number of anilines is 2. The van der Waals surface area contributed by atoms with Gasteiger partial charge < -0.3 is 15.1 Å². The summed E-state index contributed by atoms with van der Waals surface area (Å²) < 4.78 is 0. The molecule has 1 fully saturated rings. The molecule has 2 heterocycles. The summed E-state index contributed by atoms with van der Waals surface area (Å²) in [5, 5.41) is 3.33. The zero-order chi connectivity index (χ0) is 13.6. The van der Waals surface area contributed by atoms with Crippen LogP contribution >= 0.6 is 0 Å². The van der Waals surface area contributed by atoms with Gasteiger partial charge in [-0.25, -0.2) is 0 Å². The molecule has 2 aliphatic rings. The summed E-state index contributed by atoms with van der Waals surface area (Å²) in [6.45, 7) is 9.69. The standard InChI is InChI=1S/C15H21N3O/c1-4-17-12-6-5-10(2)11(3)14(12)18-8-7-16-9-13(18)15(17)19/h5-6,13,16H,4,7-9H2,1-3H3. The van der Waals surface area contributed by atoms with Gasteiger partial charge in [0, 0.05) is 26.2 Å². The van der Waals surface area contributed by atoms with Crippen molar-refractivity contribution in [2.75, 3.05) is 36.0 Å². The minimum Gasteiger partial charge on any atom is -0.355 e. The Morgan fingerprint density at radius 1 is 1.37 bits per heavy atom. The summed E-state index contributed by atoms with van der Waals surface area (Å²) in [7, 11) is 0. The molecule has 19 heavy (non-hydrogen) atoms. The van der Waals surface area contributed by atoms with Crippen molar-refractivity contribution in [1.82, 2.24) is 5.32 Å². The Morgan fingerprint density at radius 3 is 2.89 bits per heavy atom. The van der Waals surface area contributed by atoms with Crippen LogP contribution in [0.1, 0.15) is 18.1 Å². The number of hydrogen-bond donors (Lipinski definition) is 1. The van der Waals surface area contributed by atoms with Crippen LogP contribution in [-0.4, -0.2) is 38.1 Å². The number of carbonyl (C=O) groups is 1. The van der Waals surface area contributed by atoms with Gasteiger partial charge in [-0.15, -0.1) is 0 Å². The Morgan fingerprint density at radius 2 is 2.16 bits per heavy atom. The molecule has 0 aromatic heterocycles. The van der Waals surface area contributed by atoms with Crippen LogP contribution < -0.4 is 15.1 Å². The smallest absolute Gasteiger partial charge is 0.251 e. The Labute approximate surface area is 114 Å². The first-order chi connectivity index (χ1) is 9.15. The van der Waals surface area contributed by atoms with Crippen molar-refractivity contribution < 1.29 is 4.79 Å². The molecule has 1 aromatic rings. The number of nitrogens with zero attached hydrogens (tertiary/aromatic N) is 2. The largest absolute Gasteiger partial charge is 0.355 e. The average molecular weight is 259 g/mol. The molecule has 4 heteroatoms. The highest BCUT2D eigenvalue weighted by Gasteiger charge is 2.39. The highest BCUT2D eigenvalue weighted by atomic mass is 16.2. The molecule has 3 rings (SSSR count). The van der Waals surface area contributed by atoms with E-state index >= 15 is 0 Å². The summed E-state index contributed by atoms with van der Waals surface area (Å²) in [6.07, 6.45) is 0. The number of amides is 1. The van der Waals surface area contributed by atoms with E-state index < -0.39 is 0 Å². The van der Waals surface area contributed by atoms with Gasteiger partial charge in [-0.05, 0) is 38.0 Å². The van der Waals surface area contributed by atoms with E-state index in [0.717, 1.165) is 31.9 Å². The van der Waals surface area contributed by atoms with Gasteiger partial charge >= 0.3 is 0 Å². The highest BCUT2D eigenvalue weighted by Crippen LogP contribution is 2.40. The topological polar surface area (TPSA) is 35.6 Å². The summed E-state index contributed by atoms with van der Waals surface area (Å²) in [6, 6.07) is 4.17. The minimum absolute atomic E-state index is 0.0401. The SMILES string of the molecule is CCN1C(=O)C2CNCCN2c2c1ccc(C)c2C. The number of aryl methyl sites for hydroxylation is 1. The fraction of sp³-hybridized carbons (Fsp3) is 0.533. The van der Waals surface area contributed by atoms with Gasteiger partial charge in [0.1, 0.15) is 6.04 Å². The van der Waals surface area contributed by atoms with E-state index in [1.54, 1.807) is 0 Å². The fourth-order valence-electron chi connectivity index (χ4n) is 3.18. The number of piperazine rings is 1. The second-order valence-electron chi connectivity index (χ2n) is 5.37. The lowest BCUT2D eigenvalue weighted by Crippen LogP contribution is -2.62. The molecule has 1 amide bonds. The monoisotopic (exact) mass is 259 g/mol. The van der Waals surface area contributed by atoms with Crippen molar-refractivity contribution in [1.29, 1.82) is 0 Å². The average Bonchev–Trinajstić information content (AvgIpc) is 2.43. The summed E-state index contributed by atoms with van der Waals surface area (Å²) in [5.74, 6) is 0.227. The Hall–Kier alpha value is -1.55. The zero-order valence-corrected chi connectivity index (χ0v) is 11.9. The van der Waals surface area contributed by atoms with Gasteiger partial charge in [0.2, 0.25) is 0 Å². The van der Waals surface area contributed by atoms with Crippen molar-refractivity contribution in [2.24, 2.45) is 0 Å². The maximum absolute atomic E-state index is 12.6. The first-order valence-corrected chi connectivity index (χ1v) is 7.04. The third-order valence-corrected chi connectivity index (χ3v) is 4.37.